The van der Waals surface area contributed by atoms with Crippen LogP contribution in [-0.2, 0) is 17.9 Å². The highest BCUT2D eigenvalue weighted by atomic mass is 35.5. The van der Waals surface area contributed by atoms with E-state index in [2.05, 4.69) is 9.80 Å². The van der Waals surface area contributed by atoms with Crippen LogP contribution in [0.15, 0.2) is 59.0 Å². The van der Waals surface area contributed by atoms with Crippen molar-refractivity contribution in [1.82, 2.24) is 9.80 Å². The third kappa shape index (κ3) is 4.17. The maximum atomic E-state index is 12.9. The summed E-state index contributed by atoms with van der Waals surface area (Å²) in [6, 6.07) is 18.0. The van der Waals surface area contributed by atoms with Gasteiger partial charge in [0.05, 0.1) is 11.6 Å². The molecule has 1 aromatic heterocycles. The third-order valence-corrected chi connectivity index (χ3v) is 7.53. The molecule has 2 atom stereocenters. The number of likely N-dealkylation sites (tertiary alicyclic amines) is 2. The van der Waals surface area contributed by atoms with Gasteiger partial charge in [-0.05, 0) is 60.7 Å². The van der Waals surface area contributed by atoms with Gasteiger partial charge in [0, 0.05) is 37.7 Å². The van der Waals surface area contributed by atoms with Crippen LogP contribution in [0.4, 0.5) is 0 Å². The molecule has 4 heterocycles. The summed E-state index contributed by atoms with van der Waals surface area (Å²) in [7, 11) is 0. The van der Waals surface area contributed by atoms with Crippen molar-refractivity contribution in [3.63, 3.8) is 0 Å². The lowest BCUT2D eigenvalue weighted by atomic mass is 9.83. The molecular formula is C27H27ClN2O4. The fraction of sp³-hybridized carbons (Fsp3) is 0.370. The number of piperidine rings is 2. The van der Waals surface area contributed by atoms with E-state index >= 15 is 0 Å². The molecule has 6 rings (SSSR count). The van der Waals surface area contributed by atoms with Gasteiger partial charge >= 0.3 is 0 Å². The molecule has 3 aromatic rings. The van der Waals surface area contributed by atoms with Crippen LogP contribution >= 0.6 is 11.6 Å². The first-order chi connectivity index (χ1) is 16.6. The van der Waals surface area contributed by atoms with Gasteiger partial charge in [-0.1, -0.05) is 29.8 Å². The van der Waals surface area contributed by atoms with Gasteiger partial charge in [0.1, 0.15) is 11.5 Å². The molecule has 0 aliphatic carbocycles. The lowest BCUT2D eigenvalue weighted by Gasteiger charge is -2.47. The Morgan fingerprint density at radius 3 is 2.76 bits per heavy atom. The van der Waals surface area contributed by atoms with Crippen LogP contribution in [0.2, 0.25) is 5.02 Å². The van der Waals surface area contributed by atoms with E-state index in [-0.39, 0.29) is 18.7 Å². The maximum Gasteiger partial charge on any atom is 0.231 e. The van der Waals surface area contributed by atoms with E-state index in [9.17, 15) is 4.79 Å². The fourth-order valence-electron chi connectivity index (χ4n) is 5.50. The normalized spacial score (nSPS) is 22.1. The fourth-order valence-corrected chi connectivity index (χ4v) is 5.73. The molecule has 3 aliphatic heterocycles. The van der Waals surface area contributed by atoms with E-state index in [1.54, 1.807) is 0 Å². The maximum absolute atomic E-state index is 12.9. The molecule has 0 bridgehead atoms. The van der Waals surface area contributed by atoms with Crippen LogP contribution in [0.1, 0.15) is 30.6 Å². The molecule has 0 unspecified atom stereocenters. The van der Waals surface area contributed by atoms with Crippen LogP contribution in [-0.4, -0.2) is 41.6 Å². The highest BCUT2D eigenvalue weighted by molar-refractivity contribution is 6.33. The standard InChI is InChI=1S/C27H27ClN2O4/c28-22-4-2-1-3-21(22)24-9-7-20(34-24)16-29-12-11-23-19(15-29)6-10-27(31)30(23)14-18-5-8-25-26(13-18)33-17-32-25/h1-5,7-9,13,19,23H,6,10-12,14-17H2/t19-,23+/m1/s1. The molecule has 1 amide bonds. The number of furan rings is 1. The average Bonchev–Trinajstić information content (AvgIpc) is 3.50. The summed E-state index contributed by atoms with van der Waals surface area (Å²) in [5.74, 6) is 4.01. The van der Waals surface area contributed by atoms with Crippen LogP contribution < -0.4 is 9.47 Å². The number of carbonyl (C=O) groups excluding carboxylic acids is 1. The van der Waals surface area contributed by atoms with Crippen molar-refractivity contribution in [3.8, 4) is 22.8 Å². The zero-order chi connectivity index (χ0) is 23.1. The molecule has 34 heavy (non-hydrogen) atoms. The summed E-state index contributed by atoms with van der Waals surface area (Å²) in [4.78, 5) is 17.4. The number of hydrogen-bond acceptors (Lipinski definition) is 5. The second-order valence-corrected chi connectivity index (χ2v) is 9.75. The molecule has 0 spiro atoms. The number of nitrogens with zero attached hydrogens (tertiary/aromatic N) is 2. The topological polar surface area (TPSA) is 55.2 Å². The summed E-state index contributed by atoms with van der Waals surface area (Å²) in [5, 5.41) is 0.693. The molecule has 2 fully saturated rings. The van der Waals surface area contributed by atoms with Crippen LogP contribution in [0, 0.1) is 5.92 Å². The van der Waals surface area contributed by atoms with Crippen LogP contribution in [0.25, 0.3) is 11.3 Å². The molecule has 3 aliphatic rings. The van der Waals surface area contributed by atoms with Gasteiger partial charge in [-0.2, -0.15) is 0 Å². The minimum absolute atomic E-state index is 0.253. The van der Waals surface area contributed by atoms with Crippen molar-refractivity contribution in [2.45, 2.75) is 38.4 Å². The van der Waals surface area contributed by atoms with Crippen molar-refractivity contribution in [3.05, 3.63) is 70.9 Å². The van der Waals surface area contributed by atoms with Gasteiger partial charge in [-0.3, -0.25) is 9.69 Å². The quantitative estimate of drug-likeness (QED) is 0.495. The minimum Gasteiger partial charge on any atom is -0.460 e. The number of benzene rings is 2. The number of fused-ring (bicyclic) bond motifs is 2. The van der Waals surface area contributed by atoms with Gasteiger partial charge in [-0.25, -0.2) is 0 Å². The Bertz CT molecular complexity index is 1210. The largest absolute Gasteiger partial charge is 0.460 e. The molecule has 2 aromatic carbocycles. The van der Waals surface area contributed by atoms with Crippen LogP contribution in [0.3, 0.4) is 0 Å². The lowest BCUT2D eigenvalue weighted by molar-refractivity contribution is -0.142. The summed E-state index contributed by atoms with van der Waals surface area (Å²) >= 11 is 6.33. The number of halogens is 1. The molecule has 176 valence electrons. The van der Waals surface area contributed by atoms with Gasteiger partial charge in [0.25, 0.3) is 0 Å². The first-order valence-electron chi connectivity index (χ1n) is 11.9. The predicted molar refractivity (Wildman–Crippen MR) is 129 cm³/mol. The Labute approximate surface area is 204 Å². The number of ether oxygens (including phenoxy) is 2. The lowest BCUT2D eigenvalue weighted by Crippen LogP contribution is -2.55. The molecular weight excluding hydrogens is 452 g/mol. The molecule has 0 saturated carbocycles. The molecule has 7 heteroatoms. The Balaban J connectivity index is 1.12. The van der Waals surface area contributed by atoms with Crippen molar-refractivity contribution in [1.29, 1.82) is 0 Å². The number of carbonyl (C=O) groups is 1. The van der Waals surface area contributed by atoms with Gasteiger partial charge < -0.3 is 18.8 Å². The smallest absolute Gasteiger partial charge is 0.231 e. The second kappa shape index (κ2) is 9.01. The Hall–Kier alpha value is -2.96. The summed E-state index contributed by atoms with van der Waals surface area (Å²) in [6.07, 6.45) is 2.52. The number of hydrogen-bond donors (Lipinski definition) is 0. The number of rotatable bonds is 5. The number of amides is 1. The zero-order valence-corrected chi connectivity index (χ0v) is 19.7. The van der Waals surface area contributed by atoms with Crippen molar-refractivity contribution in [2.24, 2.45) is 5.92 Å². The van der Waals surface area contributed by atoms with E-state index in [4.69, 9.17) is 25.5 Å². The molecule has 0 N–H and O–H groups in total. The van der Waals surface area contributed by atoms with E-state index in [0.717, 1.165) is 66.6 Å². The third-order valence-electron chi connectivity index (χ3n) is 7.20. The molecule has 6 nitrogen and oxygen atoms in total. The highest BCUT2D eigenvalue weighted by Gasteiger charge is 2.39. The summed E-state index contributed by atoms with van der Waals surface area (Å²) in [5.41, 5.74) is 2.00. The monoisotopic (exact) mass is 478 g/mol. The Kier molecular flexibility index (Phi) is 5.71. The Morgan fingerprint density at radius 2 is 1.85 bits per heavy atom. The summed E-state index contributed by atoms with van der Waals surface area (Å²) < 4.78 is 17.1. The highest BCUT2D eigenvalue weighted by Crippen LogP contribution is 2.36. The van der Waals surface area contributed by atoms with Crippen LogP contribution in [0.5, 0.6) is 11.5 Å². The minimum atomic E-state index is 0.253. The zero-order valence-electron chi connectivity index (χ0n) is 18.9. The summed E-state index contributed by atoms with van der Waals surface area (Å²) in [6.45, 7) is 3.56. The van der Waals surface area contributed by atoms with Gasteiger partial charge in [0.2, 0.25) is 12.7 Å². The first kappa shape index (κ1) is 21.6. The Morgan fingerprint density at radius 1 is 0.971 bits per heavy atom. The second-order valence-electron chi connectivity index (χ2n) is 9.34. The molecule has 0 radical (unpaired) electrons. The van der Waals surface area contributed by atoms with E-state index in [1.165, 1.54) is 0 Å². The van der Waals surface area contributed by atoms with Crippen molar-refractivity contribution < 1.29 is 18.7 Å². The van der Waals surface area contributed by atoms with Crippen molar-refractivity contribution >= 4 is 17.5 Å². The van der Waals surface area contributed by atoms with E-state index in [0.29, 0.717) is 23.9 Å². The van der Waals surface area contributed by atoms with Crippen molar-refractivity contribution in [2.75, 3.05) is 19.9 Å². The molecule has 2 saturated heterocycles. The van der Waals surface area contributed by atoms with Gasteiger partial charge in [-0.15, -0.1) is 0 Å². The predicted octanol–water partition coefficient (Wildman–Crippen LogP) is 5.34. The first-order valence-corrected chi connectivity index (χ1v) is 12.3. The SMILES string of the molecule is O=C1CC[C@@H]2CN(Cc3ccc(-c4ccccc4Cl)o3)CC[C@@H]2N1Cc1ccc2c(c1)OCO2. The van der Waals surface area contributed by atoms with Gasteiger partial charge in [0.15, 0.2) is 11.5 Å². The average molecular weight is 479 g/mol. The van der Waals surface area contributed by atoms with E-state index < -0.39 is 0 Å². The van der Waals surface area contributed by atoms with E-state index in [1.807, 2.05) is 54.6 Å².